The molecular formula is C15H13Cl2N3O3. The van der Waals surface area contributed by atoms with E-state index in [9.17, 15) is 9.59 Å². The van der Waals surface area contributed by atoms with E-state index in [1.165, 1.54) is 12.3 Å². The first kappa shape index (κ1) is 17.1. The molecule has 0 bridgehead atoms. The highest BCUT2D eigenvalue weighted by molar-refractivity contribution is 6.42. The van der Waals surface area contributed by atoms with Gasteiger partial charge in [0.25, 0.3) is 11.8 Å². The van der Waals surface area contributed by atoms with Crippen molar-refractivity contribution in [2.75, 3.05) is 6.54 Å². The van der Waals surface area contributed by atoms with Gasteiger partial charge in [-0.2, -0.15) is 5.10 Å². The van der Waals surface area contributed by atoms with Crippen LogP contribution in [-0.4, -0.2) is 24.1 Å². The van der Waals surface area contributed by atoms with Crippen LogP contribution in [0.3, 0.4) is 0 Å². The zero-order chi connectivity index (χ0) is 16.8. The number of carbonyl (C=O) groups is 2. The summed E-state index contributed by atoms with van der Waals surface area (Å²) in [5.74, 6) is -0.812. The van der Waals surface area contributed by atoms with Gasteiger partial charge in [0.15, 0.2) is 5.76 Å². The Balaban J connectivity index is 1.87. The van der Waals surface area contributed by atoms with Gasteiger partial charge in [0, 0.05) is 0 Å². The molecule has 0 aliphatic rings. The lowest BCUT2D eigenvalue weighted by Gasteiger charge is -2.05. The van der Waals surface area contributed by atoms with Crippen LogP contribution in [-0.2, 0) is 4.79 Å². The largest absolute Gasteiger partial charge is 0.459 e. The second kappa shape index (κ2) is 7.80. The van der Waals surface area contributed by atoms with E-state index in [0.717, 1.165) is 5.56 Å². The minimum Gasteiger partial charge on any atom is -0.459 e. The number of amides is 2. The second-order valence-corrected chi connectivity index (χ2v) is 5.34. The molecule has 2 rings (SSSR count). The minimum absolute atomic E-state index is 0.133. The lowest BCUT2D eigenvalue weighted by atomic mass is 10.1. The molecule has 1 aromatic heterocycles. The van der Waals surface area contributed by atoms with E-state index < -0.39 is 11.8 Å². The van der Waals surface area contributed by atoms with Crippen LogP contribution >= 0.6 is 23.2 Å². The Morgan fingerprint density at radius 3 is 2.65 bits per heavy atom. The van der Waals surface area contributed by atoms with Gasteiger partial charge in [0.1, 0.15) is 0 Å². The molecule has 8 heteroatoms. The fourth-order valence-corrected chi connectivity index (χ4v) is 1.92. The van der Waals surface area contributed by atoms with Crippen molar-refractivity contribution in [2.24, 2.45) is 5.10 Å². The number of halogens is 2. The predicted octanol–water partition coefficient (Wildman–Crippen LogP) is 2.86. The standard InChI is InChI=1S/C15H13Cl2N3O3/c1-9(10-4-5-11(16)12(17)7-10)19-20-14(21)8-18-15(22)13-3-2-6-23-13/h2-7H,8H2,1H3,(H,18,22)(H,20,21)/b19-9+. The fraction of sp³-hybridized carbons (Fsp3) is 0.133. The van der Waals surface area contributed by atoms with Crippen LogP contribution in [0, 0.1) is 0 Å². The third kappa shape index (κ3) is 4.84. The molecule has 6 nitrogen and oxygen atoms in total. The molecule has 1 heterocycles. The summed E-state index contributed by atoms with van der Waals surface area (Å²) in [6, 6.07) is 8.11. The number of hydrogen-bond donors (Lipinski definition) is 2. The minimum atomic E-state index is -0.477. The van der Waals surface area contributed by atoms with Crippen molar-refractivity contribution in [3.8, 4) is 0 Å². The number of furan rings is 1. The highest BCUT2D eigenvalue weighted by Gasteiger charge is 2.10. The number of carbonyl (C=O) groups excluding carboxylic acids is 2. The summed E-state index contributed by atoms with van der Waals surface area (Å²) >= 11 is 11.8. The lowest BCUT2D eigenvalue weighted by molar-refractivity contribution is -0.120. The molecule has 2 N–H and O–H groups in total. The molecule has 0 aliphatic carbocycles. The average molecular weight is 354 g/mol. The Morgan fingerprint density at radius 1 is 1.22 bits per heavy atom. The molecule has 0 atom stereocenters. The number of rotatable bonds is 5. The Labute approximate surface area is 142 Å². The lowest BCUT2D eigenvalue weighted by Crippen LogP contribution is -2.35. The van der Waals surface area contributed by atoms with Gasteiger partial charge >= 0.3 is 0 Å². The molecule has 2 amide bonds. The predicted molar refractivity (Wildman–Crippen MR) is 87.9 cm³/mol. The van der Waals surface area contributed by atoms with Gasteiger partial charge in [0.05, 0.1) is 28.6 Å². The van der Waals surface area contributed by atoms with Crippen LogP contribution in [0.4, 0.5) is 0 Å². The van der Waals surface area contributed by atoms with Crippen LogP contribution in [0.1, 0.15) is 23.0 Å². The number of nitrogens with zero attached hydrogens (tertiary/aromatic N) is 1. The number of nitrogens with one attached hydrogen (secondary N) is 2. The van der Waals surface area contributed by atoms with Gasteiger partial charge in [0.2, 0.25) is 0 Å². The summed E-state index contributed by atoms with van der Waals surface area (Å²) in [6.07, 6.45) is 1.37. The van der Waals surface area contributed by atoms with E-state index in [1.807, 2.05) is 0 Å². The Kier molecular flexibility index (Phi) is 5.78. The molecular weight excluding hydrogens is 341 g/mol. The summed E-state index contributed by atoms with van der Waals surface area (Å²) < 4.78 is 4.91. The SMILES string of the molecule is C/C(=N\NC(=O)CNC(=O)c1ccco1)c1ccc(Cl)c(Cl)c1. The Hall–Kier alpha value is -2.31. The summed E-state index contributed by atoms with van der Waals surface area (Å²) in [4.78, 5) is 23.3. The Bertz CT molecular complexity index is 742. The van der Waals surface area contributed by atoms with Crippen LogP contribution in [0.5, 0.6) is 0 Å². The summed E-state index contributed by atoms with van der Waals surface area (Å²) in [6.45, 7) is 1.49. The number of benzene rings is 1. The molecule has 0 radical (unpaired) electrons. The van der Waals surface area contributed by atoms with Gasteiger partial charge in [-0.25, -0.2) is 5.43 Å². The maximum atomic E-state index is 11.7. The third-order valence-corrected chi connectivity index (χ3v) is 3.58. The second-order valence-electron chi connectivity index (χ2n) is 4.52. The zero-order valence-electron chi connectivity index (χ0n) is 12.1. The van der Waals surface area contributed by atoms with Gasteiger partial charge in [-0.1, -0.05) is 29.3 Å². The Morgan fingerprint density at radius 2 is 2.00 bits per heavy atom. The van der Waals surface area contributed by atoms with Crippen LogP contribution in [0.2, 0.25) is 10.0 Å². The monoisotopic (exact) mass is 353 g/mol. The molecule has 0 fully saturated rings. The third-order valence-electron chi connectivity index (χ3n) is 2.84. The van der Waals surface area contributed by atoms with E-state index in [0.29, 0.717) is 15.8 Å². The smallest absolute Gasteiger partial charge is 0.287 e. The van der Waals surface area contributed by atoms with Gasteiger partial charge in [-0.3, -0.25) is 9.59 Å². The molecule has 0 saturated heterocycles. The molecule has 1 aromatic carbocycles. The van der Waals surface area contributed by atoms with Crippen LogP contribution in [0.15, 0.2) is 46.1 Å². The van der Waals surface area contributed by atoms with E-state index in [1.54, 1.807) is 31.2 Å². The molecule has 0 saturated carbocycles. The van der Waals surface area contributed by atoms with Gasteiger partial charge in [-0.15, -0.1) is 0 Å². The van der Waals surface area contributed by atoms with E-state index in [-0.39, 0.29) is 12.3 Å². The molecule has 0 unspecified atom stereocenters. The van der Waals surface area contributed by atoms with Crippen LogP contribution in [0.25, 0.3) is 0 Å². The van der Waals surface area contributed by atoms with Crippen molar-refractivity contribution in [1.29, 1.82) is 0 Å². The summed E-state index contributed by atoms with van der Waals surface area (Å²) in [5.41, 5.74) is 3.62. The van der Waals surface area contributed by atoms with Crippen LogP contribution < -0.4 is 10.7 Å². The first-order chi connectivity index (χ1) is 11.0. The van der Waals surface area contributed by atoms with Gasteiger partial charge in [-0.05, 0) is 36.8 Å². The molecule has 2 aromatic rings. The summed E-state index contributed by atoms with van der Waals surface area (Å²) in [7, 11) is 0. The highest BCUT2D eigenvalue weighted by Crippen LogP contribution is 2.22. The van der Waals surface area contributed by atoms with Crippen molar-refractivity contribution < 1.29 is 14.0 Å². The number of hydrogen-bond acceptors (Lipinski definition) is 4. The first-order valence-electron chi connectivity index (χ1n) is 6.57. The van der Waals surface area contributed by atoms with E-state index in [4.69, 9.17) is 27.6 Å². The van der Waals surface area contributed by atoms with Crippen molar-refractivity contribution in [2.45, 2.75) is 6.92 Å². The molecule has 0 aliphatic heterocycles. The van der Waals surface area contributed by atoms with Crippen molar-refractivity contribution in [1.82, 2.24) is 10.7 Å². The zero-order valence-corrected chi connectivity index (χ0v) is 13.6. The van der Waals surface area contributed by atoms with Gasteiger partial charge < -0.3 is 9.73 Å². The van der Waals surface area contributed by atoms with Crippen molar-refractivity contribution in [3.05, 3.63) is 58.0 Å². The van der Waals surface area contributed by atoms with Crippen molar-refractivity contribution >= 4 is 40.7 Å². The molecule has 0 spiro atoms. The fourth-order valence-electron chi connectivity index (χ4n) is 1.63. The van der Waals surface area contributed by atoms with Crippen molar-refractivity contribution in [3.63, 3.8) is 0 Å². The highest BCUT2D eigenvalue weighted by atomic mass is 35.5. The maximum absolute atomic E-state index is 11.7. The summed E-state index contributed by atoms with van der Waals surface area (Å²) in [5, 5.41) is 7.20. The first-order valence-corrected chi connectivity index (χ1v) is 7.33. The average Bonchev–Trinajstić information content (AvgIpc) is 3.07. The topological polar surface area (TPSA) is 83.7 Å². The number of hydrazone groups is 1. The maximum Gasteiger partial charge on any atom is 0.287 e. The molecule has 23 heavy (non-hydrogen) atoms. The normalized spacial score (nSPS) is 11.2. The molecule has 120 valence electrons. The quantitative estimate of drug-likeness (QED) is 0.640. The van der Waals surface area contributed by atoms with E-state index >= 15 is 0 Å². The van der Waals surface area contributed by atoms with E-state index in [2.05, 4.69) is 15.8 Å².